The molecular formula is C44H85O3PS. The molecule has 0 aromatic heterocycles. The highest BCUT2D eigenvalue weighted by Gasteiger charge is 2.32. The fourth-order valence-corrected chi connectivity index (χ4v) is 8.85. The van der Waals surface area contributed by atoms with Crippen LogP contribution in [-0.2, 0) is 16.5 Å². The number of benzene rings is 1. The number of hydrogen-bond donors (Lipinski definition) is 1. The Balaban J connectivity index is 0.000000958. The van der Waals surface area contributed by atoms with Crippen LogP contribution in [0.2, 0.25) is 0 Å². The molecule has 3 nitrogen and oxygen atoms in total. The Labute approximate surface area is 310 Å². The molecule has 5 heteroatoms. The van der Waals surface area contributed by atoms with Crippen LogP contribution in [0.25, 0.3) is 0 Å². The second-order valence-electron chi connectivity index (χ2n) is 15.3. The fraction of sp³-hybridized carbons (Fsp3) is 0.864. The van der Waals surface area contributed by atoms with Crippen LogP contribution in [0.4, 0.5) is 0 Å². The summed E-state index contributed by atoms with van der Waals surface area (Å²) in [5, 5.41) is 0.528. The van der Waals surface area contributed by atoms with Gasteiger partial charge in [-0.05, 0) is 61.2 Å². The van der Waals surface area contributed by atoms with Crippen molar-refractivity contribution < 1.29 is 13.0 Å². The number of hydrogen-bond acceptors (Lipinski definition) is 2. The summed E-state index contributed by atoms with van der Waals surface area (Å²) in [6, 6.07) is 6.73. The molecule has 0 aliphatic carbocycles. The first-order chi connectivity index (χ1) is 23.7. The largest absolute Gasteiger partial charge is 0.294 e. The molecule has 1 N–H and O–H groups in total. The Bertz CT molecular complexity index is 939. The zero-order chi connectivity index (χ0) is 36.5. The lowest BCUT2D eigenvalue weighted by Gasteiger charge is -2.39. The Hall–Kier alpha value is -0.440. The van der Waals surface area contributed by atoms with Crippen molar-refractivity contribution in [2.24, 2.45) is 5.92 Å². The van der Waals surface area contributed by atoms with Crippen LogP contribution in [0.1, 0.15) is 233 Å². The SMILES string of the molecule is CCCCCCCCCCCCC(CCCC)C(P)(CCCC)CCCC.CCCCCCCCCCCCc1ccccc1S(=O)(=O)O. The lowest BCUT2D eigenvalue weighted by atomic mass is 9.77. The van der Waals surface area contributed by atoms with Crippen LogP contribution >= 0.6 is 9.24 Å². The summed E-state index contributed by atoms with van der Waals surface area (Å²) in [6.45, 7) is 11.6. The van der Waals surface area contributed by atoms with E-state index in [-0.39, 0.29) is 4.90 Å². The van der Waals surface area contributed by atoms with Gasteiger partial charge in [0.15, 0.2) is 0 Å². The summed E-state index contributed by atoms with van der Waals surface area (Å²) in [7, 11) is -0.710. The molecule has 290 valence electrons. The number of unbranched alkanes of at least 4 members (excludes halogenated alkanes) is 21. The number of aryl methyl sites for hydroxylation is 1. The van der Waals surface area contributed by atoms with Crippen molar-refractivity contribution in [2.75, 3.05) is 0 Å². The predicted octanol–water partition coefficient (Wildman–Crippen LogP) is 15.5. The van der Waals surface area contributed by atoms with Crippen molar-refractivity contribution in [3.05, 3.63) is 29.8 Å². The van der Waals surface area contributed by atoms with Crippen LogP contribution in [-0.4, -0.2) is 18.1 Å². The van der Waals surface area contributed by atoms with Gasteiger partial charge in [-0.15, -0.1) is 9.24 Å². The van der Waals surface area contributed by atoms with Crippen molar-refractivity contribution in [3.8, 4) is 0 Å². The molecular weight excluding hydrogens is 640 g/mol. The maximum Gasteiger partial charge on any atom is 0.294 e. The van der Waals surface area contributed by atoms with Gasteiger partial charge < -0.3 is 0 Å². The first kappa shape index (κ1) is 48.6. The predicted molar refractivity (Wildman–Crippen MR) is 223 cm³/mol. The highest BCUT2D eigenvalue weighted by molar-refractivity contribution is 7.85. The third kappa shape index (κ3) is 26.9. The average molecular weight is 725 g/mol. The van der Waals surface area contributed by atoms with Crippen LogP contribution < -0.4 is 0 Å². The lowest BCUT2D eigenvalue weighted by molar-refractivity contribution is 0.274. The standard InChI is InChI=1S/C26H55P.C18H30O3S/c1-5-9-13-14-15-16-17-18-19-20-22-25(21-10-6-2)26(27,23-11-7-3)24-12-8-4;1-2-3-4-5-6-7-8-9-10-11-14-17-15-12-13-16-18(17)22(19,20)21/h25H,5-24,27H2,1-4H3;12-13,15-16H,2-11,14H2,1H3,(H,19,20,21). The third-order valence-electron chi connectivity index (χ3n) is 10.7. The Morgan fingerprint density at radius 1 is 0.531 bits per heavy atom. The summed E-state index contributed by atoms with van der Waals surface area (Å²) >= 11 is 0. The summed E-state index contributed by atoms with van der Waals surface area (Å²) in [5.41, 5.74) is 0.726. The average Bonchev–Trinajstić information content (AvgIpc) is 3.09. The first-order valence-electron chi connectivity index (χ1n) is 21.5. The van der Waals surface area contributed by atoms with E-state index in [9.17, 15) is 13.0 Å². The van der Waals surface area contributed by atoms with Gasteiger partial charge in [0.25, 0.3) is 10.1 Å². The summed E-state index contributed by atoms with van der Waals surface area (Å²) < 4.78 is 31.8. The molecule has 49 heavy (non-hydrogen) atoms. The van der Waals surface area contributed by atoms with E-state index in [0.717, 1.165) is 24.3 Å². The minimum absolute atomic E-state index is 0.0610. The van der Waals surface area contributed by atoms with Gasteiger partial charge in [-0.2, -0.15) is 8.42 Å². The molecule has 0 saturated carbocycles. The molecule has 0 aliphatic heterocycles. The molecule has 0 fully saturated rings. The molecule has 2 atom stereocenters. The Kier molecular flexibility index (Phi) is 33.1. The Morgan fingerprint density at radius 3 is 1.33 bits per heavy atom. The molecule has 0 amide bonds. The Morgan fingerprint density at radius 2 is 0.898 bits per heavy atom. The van der Waals surface area contributed by atoms with Gasteiger partial charge in [0.05, 0.1) is 4.90 Å². The highest BCUT2D eigenvalue weighted by atomic mass is 32.2. The van der Waals surface area contributed by atoms with Gasteiger partial charge in [0.1, 0.15) is 0 Å². The van der Waals surface area contributed by atoms with Crippen molar-refractivity contribution in [1.82, 2.24) is 0 Å². The second-order valence-corrected chi connectivity index (χ2v) is 17.8. The van der Waals surface area contributed by atoms with Crippen molar-refractivity contribution in [2.45, 2.75) is 244 Å². The highest BCUT2D eigenvalue weighted by Crippen LogP contribution is 2.43. The zero-order valence-electron chi connectivity index (χ0n) is 33.6. The summed E-state index contributed by atoms with van der Waals surface area (Å²) in [6.07, 6.45) is 42.0. The van der Waals surface area contributed by atoms with Crippen LogP contribution in [0.5, 0.6) is 0 Å². The minimum atomic E-state index is -4.10. The quantitative estimate of drug-likeness (QED) is 0.0446. The molecule has 1 aromatic rings. The van der Waals surface area contributed by atoms with Crippen molar-refractivity contribution >= 4 is 19.4 Å². The van der Waals surface area contributed by atoms with Crippen molar-refractivity contribution in [3.63, 3.8) is 0 Å². The van der Waals surface area contributed by atoms with Crippen LogP contribution in [0.3, 0.4) is 0 Å². The summed E-state index contributed by atoms with van der Waals surface area (Å²) in [5.74, 6) is 0.939. The van der Waals surface area contributed by atoms with Gasteiger partial charge >= 0.3 is 0 Å². The zero-order valence-corrected chi connectivity index (χ0v) is 35.5. The van der Waals surface area contributed by atoms with Gasteiger partial charge in [-0.3, -0.25) is 4.55 Å². The third-order valence-corrected chi connectivity index (χ3v) is 12.7. The van der Waals surface area contributed by atoms with Gasteiger partial charge in [-0.1, -0.05) is 213 Å². The molecule has 0 spiro atoms. The molecule has 0 bridgehead atoms. The summed E-state index contributed by atoms with van der Waals surface area (Å²) in [4.78, 5) is 0.0610. The first-order valence-corrected chi connectivity index (χ1v) is 23.6. The minimum Gasteiger partial charge on any atom is -0.282 e. The van der Waals surface area contributed by atoms with Crippen LogP contribution in [0.15, 0.2) is 29.2 Å². The van der Waals surface area contributed by atoms with E-state index < -0.39 is 10.1 Å². The molecule has 1 rings (SSSR count). The van der Waals surface area contributed by atoms with E-state index in [2.05, 4.69) is 43.9 Å². The van der Waals surface area contributed by atoms with Crippen molar-refractivity contribution in [1.29, 1.82) is 0 Å². The van der Waals surface area contributed by atoms with Crippen LogP contribution in [0, 0.1) is 5.92 Å². The van der Waals surface area contributed by atoms with E-state index in [1.54, 1.807) is 12.1 Å². The topological polar surface area (TPSA) is 54.4 Å². The maximum atomic E-state index is 11.3. The van der Waals surface area contributed by atoms with Gasteiger partial charge in [0.2, 0.25) is 0 Å². The normalized spacial score (nSPS) is 12.6. The second kappa shape index (κ2) is 33.4. The molecule has 0 heterocycles. The van der Waals surface area contributed by atoms with E-state index in [1.165, 1.54) is 186 Å². The molecule has 0 radical (unpaired) electrons. The van der Waals surface area contributed by atoms with Gasteiger partial charge in [-0.25, -0.2) is 0 Å². The monoisotopic (exact) mass is 725 g/mol. The molecule has 1 aromatic carbocycles. The van der Waals surface area contributed by atoms with E-state index >= 15 is 0 Å². The molecule has 0 aliphatic rings. The van der Waals surface area contributed by atoms with E-state index in [0.29, 0.717) is 11.6 Å². The van der Waals surface area contributed by atoms with Gasteiger partial charge in [0, 0.05) is 0 Å². The molecule has 2 unspecified atom stereocenters. The number of rotatable bonds is 33. The molecule has 0 saturated heterocycles. The lowest BCUT2D eigenvalue weighted by Crippen LogP contribution is -2.32. The fourth-order valence-electron chi connectivity index (χ4n) is 7.36. The van der Waals surface area contributed by atoms with E-state index in [1.807, 2.05) is 6.07 Å². The maximum absolute atomic E-state index is 11.3. The smallest absolute Gasteiger partial charge is 0.282 e. The van der Waals surface area contributed by atoms with E-state index in [4.69, 9.17) is 0 Å².